The van der Waals surface area contributed by atoms with Crippen molar-refractivity contribution in [3.63, 3.8) is 0 Å². The highest BCUT2D eigenvalue weighted by molar-refractivity contribution is 5.87. The van der Waals surface area contributed by atoms with E-state index in [9.17, 15) is 33.0 Å². The first-order valence-corrected chi connectivity index (χ1v) is 16.5. The van der Waals surface area contributed by atoms with Gasteiger partial charge in [0.1, 0.15) is 17.6 Å². The minimum Gasteiger partial charge on any atom is -0.496 e. The molecule has 0 spiro atoms. The van der Waals surface area contributed by atoms with Gasteiger partial charge in [-0.1, -0.05) is 59.7 Å². The molecule has 48 heavy (non-hydrogen) atoms. The third-order valence-electron chi connectivity index (χ3n) is 10.1. The van der Waals surface area contributed by atoms with E-state index in [1.807, 2.05) is 53.1 Å². The van der Waals surface area contributed by atoms with Crippen molar-refractivity contribution in [3.05, 3.63) is 53.2 Å². The highest BCUT2D eigenvalue weighted by Gasteiger charge is 2.60. The molecule has 0 radical (unpaired) electrons. The van der Waals surface area contributed by atoms with E-state index in [4.69, 9.17) is 4.74 Å². The number of carboxylic acids is 1. The molecule has 1 saturated heterocycles. The second-order valence-corrected chi connectivity index (χ2v) is 15.7. The third-order valence-corrected chi connectivity index (χ3v) is 10.1. The molecule has 1 aromatic carbocycles. The Morgan fingerprint density at radius 3 is 2.21 bits per heavy atom. The highest BCUT2D eigenvalue weighted by atomic mass is 19.4. The van der Waals surface area contributed by atoms with Crippen molar-refractivity contribution < 1.29 is 37.7 Å². The van der Waals surface area contributed by atoms with Gasteiger partial charge in [0.05, 0.1) is 13.2 Å². The van der Waals surface area contributed by atoms with Gasteiger partial charge in [0.2, 0.25) is 5.91 Å². The van der Waals surface area contributed by atoms with Crippen LogP contribution >= 0.6 is 0 Å². The molecule has 1 aliphatic heterocycles. The normalized spacial score (nSPS) is 26.8. The number of rotatable bonds is 8. The van der Waals surface area contributed by atoms with Crippen LogP contribution in [0.1, 0.15) is 90.0 Å². The van der Waals surface area contributed by atoms with Crippen molar-refractivity contribution >= 4 is 17.7 Å². The van der Waals surface area contributed by atoms with Gasteiger partial charge < -0.3 is 30.1 Å². The number of nitrogens with zero attached hydrogens (tertiary/aromatic N) is 3. The molecule has 2 heterocycles. The number of alkyl halides is 3. The van der Waals surface area contributed by atoms with Crippen molar-refractivity contribution in [1.82, 2.24) is 15.2 Å². The Kier molecular flexibility index (Phi) is 10.5. The maximum atomic E-state index is 14.6. The van der Waals surface area contributed by atoms with Crippen LogP contribution in [-0.2, 0) is 21.5 Å². The SMILES string of the molecule is COc1ccc(C(C)(C)C)cc1CN[C@H]1[C@H](C(C)(C)C)[C@@H](C(=O)O)N(C(=O)C2CCC(O)(C(F)(F)F)CC2)[C@H]1c1cccnc1N(C)C. The molecule has 2 fully saturated rings. The molecule has 9 nitrogen and oxygen atoms in total. The van der Waals surface area contributed by atoms with E-state index in [-0.39, 0.29) is 18.3 Å². The fourth-order valence-electron chi connectivity index (χ4n) is 7.51. The number of hydrogen-bond acceptors (Lipinski definition) is 7. The molecule has 2 aliphatic rings. The number of ether oxygens (including phenoxy) is 1. The molecular weight excluding hydrogens is 625 g/mol. The Morgan fingerprint density at radius 1 is 1.08 bits per heavy atom. The Hall–Kier alpha value is -3.38. The quantitative estimate of drug-likeness (QED) is 0.308. The van der Waals surface area contributed by atoms with Crippen LogP contribution in [0.4, 0.5) is 19.0 Å². The average Bonchev–Trinajstić information content (AvgIpc) is 3.35. The lowest BCUT2D eigenvalue weighted by atomic mass is 9.72. The number of benzene rings is 1. The van der Waals surface area contributed by atoms with E-state index >= 15 is 0 Å². The van der Waals surface area contributed by atoms with Crippen molar-refractivity contribution in [3.8, 4) is 5.75 Å². The number of pyridine rings is 1. The van der Waals surface area contributed by atoms with E-state index in [2.05, 4.69) is 37.1 Å². The molecule has 12 heteroatoms. The Labute approximate surface area is 281 Å². The van der Waals surface area contributed by atoms with Crippen molar-refractivity contribution in [2.45, 2.75) is 109 Å². The number of methoxy groups -OCH3 is 1. The van der Waals surface area contributed by atoms with E-state index in [1.165, 1.54) is 4.90 Å². The summed E-state index contributed by atoms with van der Waals surface area (Å²) in [5, 5.41) is 24.9. The summed E-state index contributed by atoms with van der Waals surface area (Å²) >= 11 is 0. The van der Waals surface area contributed by atoms with Crippen LogP contribution in [0.3, 0.4) is 0 Å². The summed E-state index contributed by atoms with van der Waals surface area (Å²) in [4.78, 5) is 35.7. The number of aromatic nitrogens is 1. The fraction of sp³-hybridized carbons (Fsp3) is 0.639. The summed E-state index contributed by atoms with van der Waals surface area (Å²) in [6.45, 7) is 12.5. The zero-order valence-electron chi connectivity index (χ0n) is 29.5. The number of halogens is 3. The predicted octanol–water partition coefficient (Wildman–Crippen LogP) is 6.09. The van der Waals surface area contributed by atoms with Crippen LogP contribution in [0.25, 0.3) is 0 Å². The largest absolute Gasteiger partial charge is 0.496 e. The smallest absolute Gasteiger partial charge is 0.417 e. The zero-order valence-corrected chi connectivity index (χ0v) is 29.5. The number of anilines is 1. The number of carbonyl (C=O) groups is 2. The number of nitrogens with one attached hydrogen (secondary N) is 1. The van der Waals surface area contributed by atoms with Crippen LogP contribution in [0.5, 0.6) is 5.75 Å². The number of hydrogen-bond donors (Lipinski definition) is 3. The van der Waals surface area contributed by atoms with Gasteiger partial charge in [0.25, 0.3) is 0 Å². The van der Waals surface area contributed by atoms with Crippen molar-refractivity contribution in [2.75, 3.05) is 26.1 Å². The second-order valence-electron chi connectivity index (χ2n) is 15.7. The van der Waals surface area contributed by atoms with Crippen LogP contribution in [0.15, 0.2) is 36.5 Å². The van der Waals surface area contributed by atoms with E-state index in [0.29, 0.717) is 23.7 Å². The van der Waals surface area contributed by atoms with E-state index in [0.717, 1.165) is 11.1 Å². The van der Waals surface area contributed by atoms with Gasteiger partial charge in [0.15, 0.2) is 5.60 Å². The lowest BCUT2D eigenvalue weighted by Gasteiger charge is -2.40. The predicted molar refractivity (Wildman–Crippen MR) is 178 cm³/mol. The minimum atomic E-state index is -4.82. The molecule has 2 aromatic rings. The molecule has 1 saturated carbocycles. The lowest BCUT2D eigenvalue weighted by molar-refractivity contribution is -0.271. The molecule has 266 valence electrons. The van der Waals surface area contributed by atoms with Crippen molar-refractivity contribution in [2.24, 2.45) is 17.3 Å². The van der Waals surface area contributed by atoms with Gasteiger partial charge in [-0.25, -0.2) is 9.78 Å². The average molecular weight is 677 g/mol. The number of carbonyl (C=O) groups excluding carboxylic acids is 1. The van der Waals surface area contributed by atoms with Gasteiger partial charge >= 0.3 is 12.1 Å². The standard InChI is InChI=1S/C36H51F3N4O5/c1-33(2,3)23-12-13-25(48-9)22(19-23)20-41-27-26(34(4,5)6)29(32(45)46)43(28(27)24-11-10-18-40-30(24)42(7)8)31(44)21-14-16-35(47,17-15-21)36(37,38)39/h10-13,18-19,21,26-29,41,47H,14-17,20H2,1-9H3,(H,45,46)/t21?,26-,27-,28-,29-,35?/m0/s1. The van der Waals surface area contributed by atoms with Crippen molar-refractivity contribution in [1.29, 1.82) is 0 Å². The molecule has 3 N–H and O–H groups in total. The summed E-state index contributed by atoms with van der Waals surface area (Å²) in [5.74, 6) is -2.02. The first kappa shape index (κ1) is 37.4. The molecule has 4 atom stereocenters. The van der Waals surface area contributed by atoms with Crippen LogP contribution in [-0.4, -0.2) is 77.0 Å². The third kappa shape index (κ3) is 7.29. The molecule has 1 aromatic heterocycles. The number of likely N-dealkylation sites (tertiary alicyclic amines) is 1. The number of amides is 1. The Bertz CT molecular complexity index is 1480. The lowest BCUT2D eigenvalue weighted by Crippen LogP contribution is -2.52. The maximum absolute atomic E-state index is 14.6. The van der Waals surface area contributed by atoms with Gasteiger partial charge in [-0.15, -0.1) is 0 Å². The summed E-state index contributed by atoms with van der Waals surface area (Å²) < 4.78 is 46.7. The Balaban J connectivity index is 1.86. The fourth-order valence-corrected chi connectivity index (χ4v) is 7.51. The summed E-state index contributed by atoms with van der Waals surface area (Å²) in [6.07, 6.45) is -4.89. The number of aliphatic hydroxyl groups is 1. The van der Waals surface area contributed by atoms with E-state index < -0.39 is 71.9 Å². The van der Waals surface area contributed by atoms with Gasteiger partial charge in [-0.2, -0.15) is 13.2 Å². The van der Waals surface area contributed by atoms with Gasteiger partial charge in [-0.3, -0.25) is 4.79 Å². The maximum Gasteiger partial charge on any atom is 0.417 e. The zero-order chi connectivity index (χ0) is 36.0. The van der Waals surface area contributed by atoms with Crippen LogP contribution in [0.2, 0.25) is 0 Å². The molecular formula is C36H51F3N4O5. The second kappa shape index (κ2) is 13.5. The minimum absolute atomic E-state index is 0.142. The van der Waals surface area contributed by atoms with Gasteiger partial charge in [0, 0.05) is 55.8 Å². The molecule has 1 aliphatic carbocycles. The summed E-state index contributed by atoms with van der Waals surface area (Å²) in [7, 11) is 5.22. The van der Waals surface area contributed by atoms with Gasteiger partial charge in [-0.05, 0) is 54.2 Å². The molecule has 4 rings (SSSR count). The van der Waals surface area contributed by atoms with E-state index in [1.54, 1.807) is 24.3 Å². The molecule has 0 bridgehead atoms. The van der Waals surface area contributed by atoms with Crippen LogP contribution < -0.4 is 15.0 Å². The first-order chi connectivity index (χ1) is 22.1. The highest BCUT2D eigenvalue weighted by Crippen LogP contribution is 2.51. The van der Waals surface area contributed by atoms with Crippen LogP contribution in [0, 0.1) is 17.3 Å². The number of carboxylic acid groups (broad SMARTS) is 1. The summed E-state index contributed by atoms with van der Waals surface area (Å²) in [6, 6.07) is 6.85. The first-order valence-electron chi connectivity index (χ1n) is 16.5. The Morgan fingerprint density at radius 2 is 1.71 bits per heavy atom. The monoisotopic (exact) mass is 676 g/mol. The topological polar surface area (TPSA) is 115 Å². The summed E-state index contributed by atoms with van der Waals surface area (Å²) in [5.41, 5.74) is -1.06. The number of aliphatic carboxylic acids is 1. The molecule has 1 amide bonds. The molecule has 0 unspecified atom stereocenters.